The number of methoxy groups -OCH3 is 1. The zero-order chi connectivity index (χ0) is 13.1. The minimum Gasteiger partial charge on any atom is -0.489 e. The van der Waals surface area contributed by atoms with Gasteiger partial charge in [0.05, 0.1) is 19.3 Å². The molecule has 2 amide bonds. The Bertz CT molecular complexity index is 487. The van der Waals surface area contributed by atoms with E-state index in [4.69, 9.17) is 4.74 Å². The number of nitrogens with one attached hydrogen (secondary N) is 1. The first-order chi connectivity index (χ1) is 8.61. The van der Waals surface area contributed by atoms with Gasteiger partial charge in [0.2, 0.25) is 5.91 Å². The molecule has 1 aliphatic heterocycles. The lowest BCUT2D eigenvalue weighted by molar-refractivity contribution is -0.116. The Morgan fingerprint density at radius 1 is 1.44 bits per heavy atom. The standard InChI is InChI=1S/C12H14N2O4/c1-8(15)14-5-6-18-11-7-9(3-4-10(11)14)13-12(16)17-2/h3-4,7H,5-6H2,1-2H3,(H,13,16). The van der Waals surface area contributed by atoms with Crippen LogP contribution in [-0.4, -0.2) is 32.3 Å². The summed E-state index contributed by atoms with van der Waals surface area (Å²) in [5, 5.41) is 2.54. The summed E-state index contributed by atoms with van der Waals surface area (Å²) in [6, 6.07) is 5.10. The van der Waals surface area contributed by atoms with Gasteiger partial charge >= 0.3 is 6.09 Å². The SMILES string of the molecule is COC(=O)Nc1ccc2c(c1)OCCN2C(C)=O. The highest BCUT2D eigenvalue weighted by Gasteiger charge is 2.21. The second-order valence-electron chi connectivity index (χ2n) is 3.82. The zero-order valence-electron chi connectivity index (χ0n) is 10.2. The first kappa shape index (κ1) is 12.2. The van der Waals surface area contributed by atoms with Crippen LogP contribution in [0.3, 0.4) is 0 Å². The van der Waals surface area contributed by atoms with Crippen molar-refractivity contribution in [3.8, 4) is 5.75 Å². The molecule has 96 valence electrons. The molecular weight excluding hydrogens is 236 g/mol. The number of anilines is 2. The molecule has 0 spiro atoms. The average Bonchev–Trinajstić information content (AvgIpc) is 2.37. The van der Waals surface area contributed by atoms with Crippen molar-refractivity contribution in [3.05, 3.63) is 18.2 Å². The van der Waals surface area contributed by atoms with Crippen molar-refractivity contribution >= 4 is 23.4 Å². The molecule has 1 aromatic carbocycles. The van der Waals surface area contributed by atoms with Crippen LogP contribution in [0.15, 0.2) is 18.2 Å². The van der Waals surface area contributed by atoms with Crippen LogP contribution in [0.4, 0.5) is 16.2 Å². The second kappa shape index (κ2) is 4.95. The molecule has 1 N–H and O–H groups in total. The molecule has 6 nitrogen and oxygen atoms in total. The topological polar surface area (TPSA) is 67.9 Å². The Morgan fingerprint density at radius 3 is 2.89 bits per heavy atom. The second-order valence-corrected chi connectivity index (χ2v) is 3.82. The average molecular weight is 250 g/mol. The smallest absolute Gasteiger partial charge is 0.411 e. The summed E-state index contributed by atoms with van der Waals surface area (Å²) < 4.78 is 9.98. The molecule has 0 fully saturated rings. The van der Waals surface area contributed by atoms with Crippen molar-refractivity contribution in [3.63, 3.8) is 0 Å². The number of fused-ring (bicyclic) bond motifs is 1. The minimum absolute atomic E-state index is 0.0340. The quantitative estimate of drug-likeness (QED) is 0.822. The van der Waals surface area contributed by atoms with Gasteiger partial charge in [-0.1, -0.05) is 0 Å². The zero-order valence-corrected chi connectivity index (χ0v) is 10.2. The van der Waals surface area contributed by atoms with Gasteiger partial charge in [-0.3, -0.25) is 10.1 Å². The van der Waals surface area contributed by atoms with E-state index in [1.54, 1.807) is 23.1 Å². The van der Waals surface area contributed by atoms with Gasteiger partial charge in [0.1, 0.15) is 12.4 Å². The third kappa shape index (κ3) is 2.37. The number of nitrogens with zero attached hydrogens (tertiary/aromatic N) is 1. The summed E-state index contributed by atoms with van der Waals surface area (Å²) in [5.74, 6) is 0.540. The summed E-state index contributed by atoms with van der Waals surface area (Å²) in [6.07, 6.45) is -0.547. The highest BCUT2D eigenvalue weighted by Crippen LogP contribution is 2.34. The summed E-state index contributed by atoms with van der Waals surface area (Å²) in [7, 11) is 1.29. The first-order valence-corrected chi connectivity index (χ1v) is 5.51. The van der Waals surface area contributed by atoms with E-state index in [0.29, 0.717) is 30.3 Å². The number of carbonyl (C=O) groups is 2. The number of carbonyl (C=O) groups excluding carboxylic acids is 2. The maximum atomic E-state index is 11.5. The van der Waals surface area contributed by atoms with E-state index in [2.05, 4.69) is 10.1 Å². The van der Waals surface area contributed by atoms with Gasteiger partial charge < -0.3 is 14.4 Å². The van der Waals surface area contributed by atoms with E-state index >= 15 is 0 Å². The van der Waals surface area contributed by atoms with Gasteiger partial charge in [-0.25, -0.2) is 4.79 Å². The third-order valence-corrected chi connectivity index (χ3v) is 2.63. The van der Waals surface area contributed by atoms with Crippen molar-refractivity contribution in [2.45, 2.75) is 6.92 Å². The highest BCUT2D eigenvalue weighted by molar-refractivity contribution is 5.94. The molecule has 18 heavy (non-hydrogen) atoms. The van der Waals surface area contributed by atoms with Crippen LogP contribution in [0.5, 0.6) is 5.75 Å². The summed E-state index contributed by atoms with van der Waals surface area (Å²) >= 11 is 0. The number of amides is 2. The number of hydrogen-bond acceptors (Lipinski definition) is 4. The minimum atomic E-state index is -0.547. The largest absolute Gasteiger partial charge is 0.489 e. The Hall–Kier alpha value is -2.24. The fourth-order valence-electron chi connectivity index (χ4n) is 1.79. The molecule has 0 aromatic heterocycles. The Balaban J connectivity index is 2.26. The molecule has 6 heteroatoms. The Labute approximate surface area is 104 Å². The van der Waals surface area contributed by atoms with Crippen LogP contribution in [0, 0.1) is 0 Å². The molecule has 0 bridgehead atoms. The molecular formula is C12H14N2O4. The van der Waals surface area contributed by atoms with Crippen molar-refractivity contribution in [1.82, 2.24) is 0 Å². The maximum Gasteiger partial charge on any atom is 0.411 e. The molecule has 0 saturated carbocycles. The van der Waals surface area contributed by atoms with Crippen LogP contribution >= 0.6 is 0 Å². The number of benzene rings is 1. The molecule has 0 unspecified atom stereocenters. The van der Waals surface area contributed by atoms with Crippen LogP contribution in [0.25, 0.3) is 0 Å². The van der Waals surface area contributed by atoms with Gasteiger partial charge in [-0.2, -0.15) is 0 Å². The van der Waals surface area contributed by atoms with E-state index in [-0.39, 0.29) is 5.91 Å². The van der Waals surface area contributed by atoms with Gasteiger partial charge in [-0.05, 0) is 12.1 Å². The summed E-state index contributed by atoms with van der Waals surface area (Å²) in [5.41, 5.74) is 1.27. The predicted molar refractivity (Wildman–Crippen MR) is 66.0 cm³/mol. The highest BCUT2D eigenvalue weighted by atomic mass is 16.5. The summed E-state index contributed by atoms with van der Waals surface area (Å²) in [6.45, 7) is 2.48. The van der Waals surface area contributed by atoms with Crippen molar-refractivity contribution in [1.29, 1.82) is 0 Å². The lowest BCUT2D eigenvalue weighted by atomic mass is 10.2. The fourth-order valence-corrected chi connectivity index (χ4v) is 1.79. The molecule has 1 aromatic rings. The van der Waals surface area contributed by atoms with Crippen molar-refractivity contribution < 1.29 is 19.1 Å². The van der Waals surface area contributed by atoms with Gasteiger partial charge in [-0.15, -0.1) is 0 Å². The third-order valence-electron chi connectivity index (χ3n) is 2.63. The fraction of sp³-hybridized carbons (Fsp3) is 0.333. The summed E-state index contributed by atoms with van der Waals surface area (Å²) in [4.78, 5) is 24.2. The van der Waals surface area contributed by atoms with Crippen LogP contribution in [0.2, 0.25) is 0 Å². The van der Waals surface area contributed by atoms with Gasteiger partial charge in [0.15, 0.2) is 0 Å². The normalized spacial score (nSPS) is 13.3. The number of rotatable bonds is 1. The van der Waals surface area contributed by atoms with Gasteiger partial charge in [0, 0.05) is 18.7 Å². The first-order valence-electron chi connectivity index (χ1n) is 5.51. The lowest BCUT2D eigenvalue weighted by Crippen LogP contribution is -2.36. The van der Waals surface area contributed by atoms with Crippen molar-refractivity contribution in [2.24, 2.45) is 0 Å². The maximum absolute atomic E-state index is 11.5. The Morgan fingerprint density at radius 2 is 2.22 bits per heavy atom. The van der Waals surface area contributed by atoms with E-state index in [1.807, 2.05) is 0 Å². The van der Waals surface area contributed by atoms with Gasteiger partial charge in [0.25, 0.3) is 0 Å². The molecule has 0 aliphatic carbocycles. The number of ether oxygens (including phenoxy) is 2. The molecule has 0 saturated heterocycles. The molecule has 2 rings (SSSR count). The van der Waals surface area contributed by atoms with Crippen molar-refractivity contribution in [2.75, 3.05) is 30.5 Å². The molecule has 0 radical (unpaired) electrons. The van der Waals surface area contributed by atoms with Crippen LogP contribution in [-0.2, 0) is 9.53 Å². The molecule has 1 aliphatic rings. The van der Waals surface area contributed by atoms with Crippen LogP contribution in [0.1, 0.15) is 6.92 Å². The lowest BCUT2D eigenvalue weighted by Gasteiger charge is -2.28. The van der Waals surface area contributed by atoms with E-state index in [0.717, 1.165) is 0 Å². The van der Waals surface area contributed by atoms with E-state index in [1.165, 1.54) is 14.0 Å². The van der Waals surface area contributed by atoms with E-state index in [9.17, 15) is 9.59 Å². The van der Waals surface area contributed by atoms with Crippen LogP contribution < -0.4 is 15.0 Å². The monoisotopic (exact) mass is 250 g/mol. The Kier molecular flexibility index (Phi) is 3.36. The predicted octanol–water partition coefficient (Wildman–Crippen LogP) is 1.61. The molecule has 1 heterocycles. The molecule has 0 atom stereocenters. The van der Waals surface area contributed by atoms with E-state index < -0.39 is 6.09 Å². The number of hydrogen-bond donors (Lipinski definition) is 1.